The highest BCUT2D eigenvalue weighted by molar-refractivity contribution is 5.86. The molecular formula is C17H28N2O5. The van der Waals surface area contributed by atoms with Gasteiger partial charge in [0.25, 0.3) is 0 Å². The zero-order chi connectivity index (χ0) is 17.5. The van der Waals surface area contributed by atoms with Crippen LogP contribution < -0.4 is 5.32 Å². The first-order valence-corrected chi connectivity index (χ1v) is 8.91. The fourth-order valence-electron chi connectivity index (χ4n) is 3.47. The summed E-state index contributed by atoms with van der Waals surface area (Å²) in [5.41, 5.74) is 0. The van der Waals surface area contributed by atoms with Crippen LogP contribution in [-0.2, 0) is 19.1 Å². The maximum Gasteiger partial charge on any atom is 0.326 e. The summed E-state index contributed by atoms with van der Waals surface area (Å²) < 4.78 is 5.35. The summed E-state index contributed by atoms with van der Waals surface area (Å²) in [5.74, 6) is -1.73. The van der Waals surface area contributed by atoms with E-state index >= 15 is 0 Å². The molecule has 0 aromatic carbocycles. The van der Waals surface area contributed by atoms with E-state index in [1.54, 1.807) is 4.90 Å². The largest absolute Gasteiger partial charge is 0.480 e. The van der Waals surface area contributed by atoms with Crippen molar-refractivity contribution in [3.05, 3.63) is 0 Å². The molecule has 2 rings (SSSR count). The number of amides is 2. The Hall–Kier alpha value is -1.63. The van der Waals surface area contributed by atoms with E-state index in [1.807, 2.05) is 6.92 Å². The third kappa shape index (κ3) is 4.93. The van der Waals surface area contributed by atoms with Crippen molar-refractivity contribution in [3.8, 4) is 0 Å². The molecule has 24 heavy (non-hydrogen) atoms. The second-order valence-electron chi connectivity index (χ2n) is 6.73. The van der Waals surface area contributed by atoms with Gasteiger partial charge in [-0.25, -0.2) is 4.79 Å². The molecule has 2 aliphatic rings. The number of carbonyl (C=O) groups is 3. The van der Waals surface area contributed by atoms with Crippen molar-refractivity contribution in [3.63, 3.8) is 0 Å². The second kappa shape index (κ2) is 9.01. The third-order valence-corrected chi connectivity index (χ3v) is 4.84. The summed E-state index contributed by atoms with van der Waals surface area (Å²) in [5, 5.41) is 12.1. The highest BCUT2D eigenvalue weighted by Crippen LogP contribution is 2.21. The molecule has 0 spiro atoms. The summed E-state index contributed by atoms with van der Waals surface area (Å²) >= 11 is 0. The smallest absolute Gasteiger partial charge is 0.326 e. The van der Waals surface area contributed by atoms with Crippen LogP contribution in [0.2, 0.25) is 0 Å². The molecule has 0 aliphatic carbocycles. The van der Waals surface area contributed by atoms with Crippen molar-refractivity contribution in [2.75, 3.05) is 26.3 Å². The molecule has 2 aliphatic heterocycles. The lowest BCUT2D eigenvalue weighted by Gasteiger charge is -2.34. The van der Waals surface area contributed by atoms with E-state index in [0.29, 0.717) is 39.1 Å². The molecule has 7 nitrogen and oxygen atoms in total. The zero-order valence-electron chi connectivity index (χ0n) is 14.3. The Morgan fingerprint density at radius 3 is 2.71 bits per heavy atom. The number of piperidine rings is 1. The Balaban J connectivity index is 1.93. The minimum Gasteiger partial charge on any atom is -0.480 e. The van der Waals surface area contributed by atoms with Gasteiger partial charge in [0.15, 0.2) is 0 Å². The highest BCUT2D eigenvalue weighted by Gasteiger charge is 2.35. The summed E-state index contributed by atoms with van der Waals surface area (Å²) in [6.07, 6.45) is 4.30. The molecule has 0 aromatic rings. The van der Waals surface area contributed by atoms with Crippen molar-refractivity contribution in [2.45, 2.75) is 51.5 Å². The number of carboxylic acid groups (broad SMARTS) is 1. The summed E-state index contributed by atoms with van der Waals surface area (Å²) in [7, 11) is 0. The Morgan fingerprint density at radius 1 is 1.29 bits per heavy atom. The maximum absolute atomic E-state index is 12.5. The molecule has 2 saturated heterocycles. The van der Waals surface area contributed by atoms with Crippen molar-refractivity contribution in [1.82, 2.24) is 10.2 Å². The molecular weight excluding hydrogens is 312 g/mol. The van der Waals surface area contributed by atoms with Gasteiger partial charge in [0, 0.05) is 32.0 Å². The highest BCUT2D eigenvalue weighted by atomic mass is 16.5. The van der Waals surface area contributed by atoms with Crippen LogP contribution in [0.4, 0.5) is 0 Å². The molecule has 2 amide bonds. The number of likely N-dealkylation sites (tertiary alicyclic amines) is 1. The minimum atomic E-state index is -1.02. The van der Waals surface area contributed by atoms with Crippen LogP contribution in [0.15, 0.2) is 0 Å². The standard InChI is InChI=1S/C17H28N2O5/c1-2-5-14(20)19-8-3-6-12(10-19)16(21)18-15(17(22)23)13-7-4-9-24-11-13/h12-13,15H,2-11H2,1H3,(H,18,21)(H,22,23)/t12-,13+,15-/m0/s1. The predicted octanol–water partition coefficient (Wildman–Crippen LogP) is 1.02. The molecule has 0 bridgehead atoms. The van der Waals surface area contributed by atoms with E-state index in [2.05, 4.69) is 5.32 Å². The van der Waals surface area contributed by atoms with E-state index in [0.717, 1.165) is 25.7 Å². The van der Waals surface area contributed by atoms with Crippen LogP contribution in [0.5, 0.6) is 0 Å². The van der Waals surface area contributed by atoms with Crippen LogP contribution in [0.3, 0.4) is 0 Å². The fourth-order valence-corrected chi connectivity index (χ4v) is 3.47. The monoisotopic (exact) mass is 340 g/mol. The van der Waals surface area contributed by atoms with Gasteiger partial charge in [-0.05, 0) is 32.1 Å². The van der Waals surface area contributed by atoms with Gasteiger partial charge in [-0.2, -0.15) is 0 Å². The number of nitrogens with zero attached hydrogens (tertiary/aromatic N) is 1. The van der Waals surface area contributed by atoms with Gasteiger partial charge in [0.05, 0.1) is 12.5 Å². The topological polar surface area (TPSA) is 95.9 Å². The number of carboxylic acids is 1. The third-order valence-electron chi connectivity index (χ3n) is 4.84. The van der Waals surface area contributed by atoms with E-state index in [-0.39, 0.29) is 23.7 Å². The number of rotatable bonds is 6. The first kappa shape index (κ1) is 18.7. The average Bonchev–Trinajstić information content (AvgIpc) is 2.60. The van der Waals surface area contributed by atoms with Gasteiger partial charge >= 0.3 is 5.97 Å². The molecule has 0 radical (unpaired) electrons. The zero-order valence-corrected chi connectivity index (χ0v) is 14.3. The lowest BCUT2D eigenvalue weighted by atomic mass is 9.91. The normalized spacial score (nSPS) is 25.8. The number of carbonyl (C=O) groups excluding carboxylic acids is 2. The predicted molar refractivity (Wildman–Crippen MR) is 87.3 cm³/mol. The van der Waals surface area contributed by atoms with Crippen LogP contribution in [0.25, 0.3) is 0 Å². The van der Waals surface area contributed by atoms with E-state index < -0.39 is 12.0 Å². The molecule has 7 heteroatoms. The molecule has 0 aromatic heterocycles. The van der Waals surface area contributed by atoms with Gasteiger partial charge in [-0.1, -0.05) is 6.92 Å². The first-order chi connectivity index (χ1) is 11.5. The molecule has 2 N–H and O–H groups in total. The SMILES string of the molecule is CCCC(=O)N1CCC[C@H](C(=O)N[C@H](C(=O)O)[C@@H]2CCCOC2)C1. The number of hydrogen-bond acceptors (Lipinski definition) is 4. The minimum absolute atomic E-state index is 0.0745. The molecule has 2 heterocycles. The second-order valence-corrected chi connectivity index (χ2v) is 6.73. The van der Waals surface area contributed by atoms with Crippen LogP contribution in [0, 0.1) is 11.8 Å². The Labute approximate surface area is 142 Å². The number of aliphatic carboxylic acids is 1. The molecule has 3 atom stereocenters. The fraction of sp³-hybridized carbons (Fsp3) is 0.824. The summed E-state index contributed by atoms with van der Waals surface area (Å²) in [6.45, 7) is 4.03. The van der Waals surface area contributed by atoms with E-state index in [1.165, 1.54) is 0 Å². The molecule has 136 valence electrons. The van der Waals surface area contributed by atoms with Gasteiger partial charge in [-0.3, -0.25) is 9.59 Å². The lowest BCUT2D eigenvalue weighted by Crippen LogP contribution is -2.52. The average molecular weight is 340 g/mol. The van der Waals surface area contributed by atoms with Crippen molar-refractivity contribution in [1.29, 1.82) is 0 Å². The van der Waals surface area contributed by atoms with Crippen molar-refractivity contribution >= 4 is 17.8 Å². The maximum atomic E-state index is 12.5. The first-order valence-electron chi connectivity index (χ1n) is 8.91. The van der Waals surface area contributed by atoms with Crippen LogP contribution in [-0.4, -0.2) is 60.1 Å². The van der Waals surface area contributed by atoms with Gasteiger partial charge in [-0.15, -0.1) is 0 Å². The van der Waals surface area contributed by atoms with Gasteiger partial charge < -0.3 is 20.1 Å². The summed E-state index contributed by atoms with van der Waals surface area (Å²) in [6, 6.07) is -0.917. The van der Waals surface area contributed by atoms with Crippen molar-refractivity contribution < 1.29 is 24.2 Å². The van der Waals surface area contributed by atoms with Crippen molar-refractivity contribution in [2.24, 2.45) is 11.8 Å². The Bertz CT molecular complexity index is 462. The lowest BCUT2D eigenvalue weighted by molar-refractivity contribution is -0.146. The quantitative estimate of drug-likeness (QED) is 0.753. The number of hydrogen-bond donors (Lipinski definition) is 2. The number of nitrogens with one attached hydrogen (secondary N) is 1. The molecule has 0 unspecified atom stereocenters. The van der Waals surface area contributed by atoms with E-state index in [4.69, 9.17) is 4.74 Å². The van der Waals surface area contributed by atoms with Crippen LogP contribution in [0.1, 0.15) is 45.4 Å². The molecule has 0 saturated carbocycles. The summed E-state index contributed by atoms with van der Waals surface area (Å²) in [4.78, 5) is 37.8. The Kier molecular flexibility index (Phi) is 7.02. The number of ether oxygens (including phenoxy) is 1. The van der Waals surface area contributed by atoms with Crippen LogP contribution >= 0.6 is 0 Å². The molecule has 2 fully saturated rings. The van der Waals surface area contributed by atoms with Gasteiger partial charge in [0.2, 0.25) is 11.8 Å². The van der Waals surface area contributed by atoms with E-state index in [9.17, 15) is 19.5 Å². The Morgan fingerprint density at radius 2 is 2.08 bits per heavy atom. The van der Waals surface area contributed by atoms with Gasteiger partial charge in [0.1, 0.15) is 6.04 Å².